The molecular formula is C23H30N2O4S. The summed E-state index contributed by atoms with van der Waals surface area (Å²) in [7, 11) is -1.91. The number of ether oxygens (including phenoxy) is 1. The zero-order chi connectivity index (χ0) is 21.9. The molecule has 1 saturated heterocycles. The number of aromatic hydroxyl groups is 1. The lowest BCUT2D eigenvalue weighted by Crippen LogP contribution is -2.48. The highest BCUT2D eigenvalue weighted by Crippen LogP contribution is 2.31. The summed E-state index contributed by atoms with van der Waals surface area (Å²) < 4.78 is 33.1. The van der Waals surface area contributed by atoms with Crippen molar-refractivity contribution in [1.82, 2.24) is 9.21 Å². The Hall–Kier alpha value is -2.35. The van der Waals surface area contributed by atoms with Crippen LogP contribution in [0, 0.1) is 13.8 Å². The first kappa shape index (κ1) is 22.3. The average Bonchev–Trinajstić information content (AvgIpc) is 2.71. The van der Waals surface area contributed by atoms with Crippen LogP contribution in [-0.4, -0.2) is 56.0 Å². The number of phenolic OH excluding ortho intramolecular Hbond substituents is 1. The third kappa shape index (κ3) is 4.69. The van der Waals surface area contributed by atoms with E-state index in [9.17, 15) is 13.5 Å². The van der Waals surface area contributed by atoms with Crippen LogP contribution in [0.25, 0.3) is 0 Å². The van der Waals surface area contributed by atoms with Crippen LogP contribution in [0.15, 0.2) is 47.9 Å². The first-order chi connectivity index (χ1) is 14.3. The van der Waals surface area contributed by atoms with E-state index in [-0.39, 0.29) is 5.75 Å². The fourth-order valence-electron chi connectivity index (χ4n) is 3.87. The number of piperazine rings is 1. The summed E-state index contributed by atoms with van der Waals surface area (Å²) in [6, 6.07) is 9.08. The first-order valence-corrected chi connectivity index (χ1v) is 11.5. The molecule has 1 aliphatic heterocycles. The van der Waals surface area contributed by atoms with Gasteiger partial charge in [-0.25, -0.2) is 8.42 Å². The molecule has 0 bridgehead atoms. The Bertz CT molecular complexity index is 1030. The van der Waals surface area contributed by atoms with Crippen molar-refractivity contribution >= 4 is 10.0 Å². The molecule has 1 fully saturated rings. The minimum atomic E-state index is -3.51. The lowest BCUT2D eigenvalue weighted by molar-refractivity contribution is 0.180. The first-order valence-electron chi connectivity index (χ1n) is 10.1. The van der Waals surface area contributed by atoms with Gasteiger partial charge in [-0.05, 0) is 44.0 Å². The summed E-state index contributed by atoms with van der Waals surface area (Å²) >= 11 is 0. The minimum Gasteiger partial charge on any atom is -0.507 e. The zero-order valence-corrected chi connectivity index (χ0v) is 18.7. The maximum absolute atomic E-state index is 13.1. The van der Waals surface area contributed by atoms with Crippen molar-refractivity contribution in [3.8, 4) is 11.5 Å². The van der Waals surface area contributed by atoms with Gasteiger partial charge in [0, 0.05) is 43.9 Å². The molecule has 3 rings (SSSR count). The Kier molecular flexibility index (Phi) is 6.85. The number of rotatable bonds is 7. The molecule has 1 heterocycles. The maximum Gasteiger partial charge on any atom is 0.243 e. The third-order valence-electron chi connectivity index (χ3n) is 5.51. The predicted octanol–water partition coefficient (Wildman–Crippen LogP) is 3.25. The van der Waals surface area contributed by atoms with Gasteiger partial charge in [-0.3, -0.25) is 4.90 Å². The molecular weight excluding hydrogens is 400 g/mol. The fraction of sp³-hybridized carbons (Fsp3) is 0.391. The molecule has 0 aliphatic carbocycles. The van der Waals surface area contributed by atoms with E-state index in [0.717, 1.165) is 22.3 Å². The Morgan fingerprint density at radius 2 is 1.77 bits per heavy atom. The lowest BCUT2D eigenvalue weighted by atomic mass is 10.0. The number of hydrogen-bond donors (Lipinski definition) is 1. The molecule has 162 valence electrons. The summed E-state index contributed by atoms with van der Waals surface area (Å²) in [4.78, 5) is 2.53. The number of methoxy groups -OCH3 is 1. The predicted molar refractivity (Wildman–Crippen MR) is 119 cm³/mol. The SMILES string of the molecule is C=CCc1cc(OC)cc(CN2CCN(S(=O)(=O)c3ccc(C)cc3C)CC2)c1O. The lowest BCUT2D eigenvalue weighted by Gasteiger charge is -2.34. The number of benzene rings is 2. The Morgan fingerprint density at radius 3 is 2.37 bits per heavy atom. The molecule has 0 radical (unpaired) electrons. The van der Waals surface area contributed by atoms with Gasteiger partial charge in [0.1, 0.15) is 11.5 Å². The van der Waals surface area contributed by atoms with Crippen molar-refractivity contribution in [2.24, 2.45) is 0 Å². The highest BCUT2D eigenvalue weighted by molar-refractivity contribution is 7.89. The topological polar surface area (TPSA) is 70.1 Å². The van der Waals surface area contributed by atoms with Crippen molar-refractivity contribution in [3.63, 3.8) is 0 Å². The van der Waals surface area contributed by atoms with E-state index in [1.54, 1.807) is 23.6 Å². The Labute approximate surface area is 179 Å². The van der Waals surface area contributed by atoms with Crippen LogP contribution in [0.1, 0.15) is 22.3 Å². The zero-order valence-electron chi connectivity index (χ0n) is 17.9. The van der Waals surface area contributed by atoms with Gasteiger partial charge in [0.25, 0.3) is 0 Å². The standard InChI is InChI=1S/C23H30N2O4S/c1-5-6-19-14-21(29-4)15-20(23(19)26)16-24-9-11-25(12-10-24)30(27,28)22-8-7-17(2)13-18(22)3/h5,7-8,13-15,26H,1,6,9-12,16H2,2-4H3. The van der Waals surface area contributed by atoms with Crippen LogP contribution in [0.3, 0.4) is 0 Å². The molecule has 1 N–H and O–H groups in total. The van der Waals surface area contributed by atoms with E-state index >= 15 is 0 Å². The quantitative estimate of drug-likeness (QED) is 0.683. The number of nitrogens with zero attached hydrogens (tertiary/aromatic N) is 2. The van der Waals surface area contributed by atoms with E-state index in [0.29, 0.717) is 49.8 Å². The van der Waals surface area contributed by atoms with Gasteiger partial charge in [-0.1, -0.05) is 23.8 Å². The van der Waals surface area contributed by atoms with Crippen LogP contribution in [0.2, 0.25) is 0 Å². The summed E-state index contributed by atoms with van der Waals surface area (Å²) in [5.74, 6) is 0.941. The summed E-state index contributed by atoms with van der Waals surface area (Å²) in [6.45, 7) is 10.1. The van der Waals surface area contributed by atoms with Gasteiger partial charge in [-0.2, -0.15) is 4.31 Å². The molecule has 0 atom stereocenters. The fourth-order valence-corrected chi connectivity index (χ4v) is 5.50. The maximum atomic E-state index is 13.1. The van der Waals surface area contributed by atoms with Crippen molar-refractivity contribution in [3.05, 3.63) is 65.2 Å². The van der Waals surface area contributed by atoms with E-state index in [2.05, 4.69) is 11.5 Å². The summed E-state index contributed by atoms with van der Waals surface area (Å²) in [5, 5.41) is 10.6. The van der Waals surface area contributed by atoms with Gasteiger partial charge in [0.15, 0.2) is 0 Å². The molecule has 2 aromatic carbocycles. The van der Waals surface area contributed by atoms with Crippen molar-refractivity contribution in [2.75, 3.05) is 33.3 Å². The van der Waals surface area contributed by atoms with Gasteiger partial charge in [0.05, 0.1) is 12.0 Å². The number of phenols is 1. The third-order valence-corrected chi connectivity index (χ3v) is 7.57. The second kappa shape index (κ2) is 9.20. The molecule has 2 aromatic rings. The molecule has 0 amide bonds. The molecule has 0 spiro atoms. The van der Waals surface area contributed by atoms with Crippen LogP contribution < -0.4 is 4.74 Å². The normalized spacial score (nSPS) is 15.8. The molecule has 6 nitrogen and oxygen atoms in total. The second-order valence-electron chi connectivity index (χ2n) is 7.74. The van der Waals surface area contributed by atoms with Crippen molar-refractivity contribution < 1.29 is 18.3 Å². The van der Waals surface area contributed by atoms with Crippen molar-refractivity contribution in [1.29, 1.82) is 0 Å². The van der Waals surface area contributed by atoms with E-state index in [4.69, 9.17) is 4.74 Å². The van der Waals surface area contributed by atoms with Gasteiger partial charge >= 0.3 is 0 Å². The summed E-state index contributed by atoms with van der Waals surface area (Å²) in [6.07, 6.45) is 2.30. The highest BCUT2D eigenvalue weighted by Gasteiger charge is 2.30. The largest absolute Gasteiger partial charge is 0.507 e. The smallest absolute Gasteiger partial charge is 0.243 e. The van der Waals surface area contributed by atoms with E-state index in [1.165, 1.54) is 0 Å². The second-order valence-corrected chi connectivity index (χ2v) is 9.64. The van der Waals surface area contributed by atoms with Crippen molar-refractivity contribution in [2.45, 2.75) is 31.7 Å². The van der Waals surface area contributed by atoms with Crippen LogP contribution in [0.5, 0.6) is 11.5 Å². The number of allylic oxidation sites excluding steroid dienone is 1. The monoisotopic (exact) mass is 430 g/mol. The molecule has 0 saturated carbocycles. The van der Waals surface area contributed by atoms with Gasteiger partial charge in [-0.15, -0.1) is 6.58 Å². The summed E-state index contributed by atoms with van der Waals surface area (Å²) in [5.41, 5.74) is 3.37. The number of hydrogen-bond acceptors (Lipinski definition) is 5. The van der Waals surface area contributed by atoms with E-state index in [1.807, 2.05) is 38.1 Å². The van der Waals surface area contributed by atoms with E-state index < -0.39 is 10.0 Å². The minimum absolute atomic E-state index is 0.251. The molecule has 7 heteroatoms. The molecule has 30 heavy (non-hydrogen) atoms. The van der Waals surface area contributed by atoms with Crippen LogP contribution in [0.4, 0.5) is 0 Å². The molecule has 0 unspecified atom stereocenters. The highest BCUT2D eigenvalue weighted by atomic mass is 32.2. The Morgan fingerprint density at radius 1 is 1.10 bits per heavy atom. The van der Waals surface area contributed by atoms with Crippen LogP contribution in [-0.2, 0) is 23.0 Å². The van der Waals surface area contributed by atoms with Gasteiger partial charge < -0.3 is 9.84 Å². The number of aryl methyl sites for hydroxylation is 2. The van der Waals surface area contributed by atoms with Gasteiger partial charge in [0.2, 0.25) is 10.0 Å². The van der Waals surface area contributed by atoms with Crippen LogP contribution >= 0.6 is 0 Å². The number of sulfonamides is 1. The Balaban J connectivity index is 1.72. The molecule has 1 aliphatic rings. The molecule has 0 aromatic heterocycles. The average molecular weight is 431 g/mol.